The van der Waals surface area contributed by atoms with E-state index < -0.39 is 66.8 Å². The monoisotopic (exact) mass is 519 g/mol. The fourth-order valence-electron chi connectivity index (χ4n) is 4.00. The Morgan fingerprint density at radius 2 is 1.83 bits per heavy atom. The first-order valence-electron chi connectivity index (χ1n) is 10.7. The molecular weight excluding hydrogens is 495 g/mol. The first-order chi connectivity index (χ1) is 16.7. The van der Waals surface area contributed by atoms with Crippen LogP contribution in [0.2, 0.25) is 0 Å². The van der Waals surface area contributed by atoms with Gasteiger partial charge >= 0.3 is 29.8 Å². The van der Waals surface area contributed by atoms with Gasteiger partial charge in [-0.2, -0.15) is 18.2 Å². The molecule has 2 aromatic heterocycles. The van der Waals surface area contributed by atoms with Crippen molar-refractivity contribution in [3.63, 3.8) is 0 Å². The molecule has 1 fully saturated rings. The summed E-state index contributed by atoms with van der Waals surface area (Å²) in [6.07, 6.45) is -12.6. The molecule has 13 nitrogen and oxygen atoms in total. The predicted octanol–water partition coefficient (Wildman–Crippen LogP) is 0.840. The van der Waals surface area contributed by atoms with Crippen LogP contribution in [0.5, 0.6) is 0 Å². The van der Waals surface area contributed by atoms with Crippen LogP contribution in [0, 0.1) is 0 Å². The van der Waals surface area contributed by atoms with E-state index in [1.54, 1.807) is 0 Å². The third-order valence-electron chi connectivity index (χ3n) is 5.15. The Morgan fingerprint density at radius 1 is 1.19 bits per heavy atom. The van der Waals surface area contributed by atoms with Gasteiger partial charge in [0.2, 0.25) is 12.1 Å². The molecule has 0 aromatic carbocycles. The van der Waals surface area contributed by atoms with Gasteiger partial charge in [0.15, 0.2) is 11.9 Å². The van der Waals surface area contributed by atoms with E-state index in [1.165, 1.54) is 20.0 Å². The van der Waals surface area contributed by atoms with Crippen molar-refractivity contribution in [2.45, 2.75) is 77.5 Å². The summed E-state index contributed by atoms with van der Waals surface area (Å²) in [6.45, 7) is 4.37. The highest BCUT2D eigenvalue weighted by Crippen LogP contribution is 2.39. The van der Waals surface area contributed by atoms with Gasteiger partial charge in [0.05, 0.1) is 12.7 Å². The number of nitrogen functional groups attached to an aromatic ring is 1. The number of carbonyl (C=O) groups excluding carboxylic acids is 3. The molecule has 0 radical (unpaired) electrons. The molecule has 5 atom stereocenters. The fourth-order valence-corrected chi connectivity index (χ4v) is 4.00. The van der Waals surface area contributed by atoms with Crippen molar-refractivity contribution >= 4 is 35.0 Å². The Bertz CT molecular complexity index is 1230. The summed E-state index contributed by atoms with van der Waals surface area (Å²) in [6, 6.07) is 0. The highest BCUT2D eigenvalue weighted by molar-refractivity contribution is 5.72. The predicted molar refractivity (Wildman–Crippen MR) is 113 cm³/mol. The summed E-state index contributed by atoms with van der Waals surface area (Å²) in [5, 5.41) is 0. The van der Waals surface area contributed by atoms with E-state index in [-0.39, 0.29) is 23.7 Å². The zero-order valence-electron chi connectivity index (χ0n) is 19.6. The van der Waals surface area contributed by atoms with E-state index in [2.05, 4.69) is 14.7 Å². The normalized spacial score (nSPS) is 21.7. The van der Waals surface area contributed by atoms with Crippen LogP contribution in [0.15, 0.2) is 11.0 Å². The lowest BCUT2D eigenvalue weighted by molar-refractivity contribution is -0.248. The zero-order chi connectivity index (χ0) is 26.9. The van der Waals surface area contributed by atoms with Gasteiger partial charge in [-0.3, -0.25) is 19.0 Å². The lowest BCUT2D eigenvalue weighted by Crippen LogP contribution is -2.43. The maximum Gasteiger partial charge on any atom is 0.428 e. The van der Waals surface area contributed by atoms with Crippen molar-refractivity contribution in [1.29, 1.82) is 0 Å². The lowest BCUT2D eigenvalue weighted by Gasteiger charge is -2.25. The van der Waals surface area contributed by atoms with E-state index in [1.807, 2.05) is 0 Å². The molecule has 1 saturated heterocycles. The molecule has 0 bridgehead atoms. The number of fused-ring (bicyclic) bond motifs is 1. The number of nitrogens with zero attached hydrogens (tertiary/aromatic N) is 4. The Labute approximate surface area is 201 Å². The average Bonchev–Trinajstić information content (AvgIpc) is 3.22. The summed E-state index contributed by atoms with van der Waals surface area (Å²) in [4.78, 5) is 55.7. The number of anilines is 1. The number of rotatable bonds is 7. The van der Waals surface area contributed by atoms with Gasteiger partial charge < -0.3 is 24.7 Å². The van der Waals surface area contributed by atoms with Crippen LogP contribution in [-0.4, -0.2) is 67.6 Å². The Balaban J connectivity index is 2.12. The summed E-state index contributed by atoms with van der Waals surface area (Å²) in [5.41, 5.74) is 4.82. The van der Waals surface area contributed by atoms with Gasteiger partial charge in [-0.1, -0.05) is 0 Å². The molecule has 0 aliphatic carbocycles. The Kier molecular flexibility index (Phi) is 7.56. The number of nitrogens with two attached hydrogens (primary N) is 1. The summed E-state index contributed by atoms with van der Waals surface area (Å²) in [7, 11) is 0. The number of halogens is 3. The van der Waals surface area contributed by atoms with Crippen LogP contribution in [0.25, 0.3) is 11.2 Å². The quantitative estimate of drug-likeness (QED) is 0.407. The first kappa shape index (κ1) is 26.9. The molecule has 198 valence electrons. The SMILES string of the molecule is CC(=O)O[C@H](C)Cn1c(=O)n([C@@H]2O[C@H]([C@@H](OC(C)=O)C(F)(F)F)C[C@H]2OC(C)=O)c2nc(N)ncc21. The van der Waals surface area contributed by atoms with Crippen molar-refractivity contribution in [3.05, 3.63) is 16.7 Å². The number of imidazole rings is 1. The van der Waals surface area contributed by atoms with E-state index in [4.69, 9.17) is 19.9 Å². The van der Waals surface area contributed by atoms with Crippen LogP contribution in [0.1, 0.15) is 40.3 Å². The number of alkyl halides is 3. The molecule has 3 heterocycles. The average molecular weight is 519 g/mol. The van der Waals surface area contributed by atoms with Crippen LogP contribution >= 0.6 is 0 Å². The largest absolute Gasteiger partial charge is 0.461 e. The molecule has 1 aliphatic heterocycles. The van der Waals surface area contributed by atoms with Crippen molar-refractivity contribution in [2.75, 3.05) is 5.73 Å². The molecule has 2 N–H and O–H groups in total. The molecule has 36 heavy (non-hydrogen) atoms. The topological polar surface area (TPSA) is 167 Å². The van der Waals surface area contributed by atoms with E-state index >= 15 is 0 Å². The first-order valence-corrected chi connectivity index (χ1v) is 10.7. The van der Waals surface area contributed by atoms with Crippen LogP contribution in [0.4, 0.5) is 19.1 Å². The molecule has 16 heteroatoms. The second kappa shape index (κ2) is 10.1. The highest BCUT2D eigenvalue weighted by Gasteiger charge is 2.54. The minimum absolute atomic E-state index is 0.106. The lowest BCUT2D eigenvalue weighted by atomic mass is 10.1. The van der Waals surface area contributed by atoms with Gasteiger partial charge in [0.25, 0.3) is 0 Å². The molecule has 0 spiro atoms. The smallest absolute Gasteiger partial charge is 0.428 e. The number of aromatic nitrogens is 4. The number of carbonyl (C=O) groups is 3. The third kappa shape index (κ3) is 5.75. The molecule has 3 rings (SSSR count). The van der Waals surface area contributed by atoms with Gasteiger partial charge in [0.1, 0.15) is 23.8 Å². The molecule has 2 aromatic rings. The highest BCUT2D eigenvalue weighted by atomic mass is 19.4. The minimum atomic E-state index is -5.02. The molecule has 0 saturated carbocycles. The van der Waals surface area contributed by atoms with Crippen LogP contribution in [-0.2, 0) is 39.9 Å². The number of hydrogen-bond donors (Lipinski definition) is 1. The molecular formula is C20H24F3N5O8. The second-order valence-corrected chi connectivity index (χ2v) is 8.14. The molecule has 1 aliphatic rings. The number of esters is 3. The third-order valence-corrected chi connectivity index (χ3v) is 5.15. The maximum absolute atomic E-state index is 13.7. The second-order valence-electron chi connectivity index (χ2n) is 8.14. The van der Waals surface area contributed by atoms with Gasteiger partial charge in [-0.25, -0.2) is 14.3 Å². The fraction of sp³-hybridized carbons (Fsp3) is 0.600. The van der Waals surface area contributed by atoms with E-state index in [0.717, 1.165) is 23.0 Å². The van der Waals surface area contributed by atoms with Gasteiger partial charge in [0, 0.05) is 27.2 Å². The van der Waals surface area contributed by atoms with Crippen LogP contribution in [0.3, 0.4) is 0 Å². The molecule has 0 amide bonds. The number of ether oxygens (including phenoxy) is 4. The minimum Gasteiger partial charge on any atom is -0.461 e. The summed E-state index contributed by atoms with van der Waals surface area (Å²) >= 11 is 0. The summed E-state index contributed by atoms with van der Waals surface area (Å²) in [5.74, 6) is -2.91. The van der Waals surface area contributed by atoms with Gasteiger partial charge in [-0.15, -0.1) is 0 Å². The van der Waals surface area contributed by atoms with Crippen LogP contribution < -0.4 is 11.4 Å². The van der Waals surface area contributed by atoms with E-state index in [9.17, 15) is 32.3 Å². The van der Waals surface area contributed by atoms with Crippen molar-refractivity contribution in [3.8, 4) is 0 Å². The Hall–Kier alpha value is -3.69. The van der Waals surface area contributed by atoms with Gasteiger partial charge in [-0.05, 0) is 6.92 Å². The Morgan fingerprint density at radius 3 is 2.39 bits per heavy atom. The summed E-state index contributed by atoms with van der Waals surface area (Å²) < 4.78 is 63.3. The van der Waals surface area contributed by atoms with E-state index in [0.29, 0.717) is 0 Å². The number of hydrogen-bond acceptors (Lipinski definition) is 11. The van der Waals surface area contributed by atoms with Crippen molar-refractivity contribution in [1.82, 2.24) is 19.1 Å². The molecule has 0 unspecified atom stereocenters. The maximum atomic E-state index is 13.7. The van der Waals surface area contributed by atoms with Crippen molar-refractivity contribution < 1.29 is 46.5 Å². The van der Waals surface area contributed by atoms with Crippen molar-refractivity contribution in [2.24, 2.45) is 0 Å². The standard InChI is InChI=1S/C20H24F3N5O8/c1-8(33-9(2)29)7-27-12-6-25-18(24)26-16(12)28(19(27)32)17-14(34-10(3)30)5-13(36-17)15(20(21,22)23)35-11(4)31/h6,8,13-15,17H,5,7H2,1-4H3,(H2,24,25,26)/t8-,13+,14-,15-,17-/m1/s1. The zero-order valence-corrected chi connectivity index (χ0v) is 19.6.